The third-order valence-electron chi connectivity index (χ3n) is 3.23. The lowest BCUT2D eigenvalue weighted by atomic mass is 10.1. The normalized spacial score (nSPS) is 12.7. The van der Waals surface area contributed by atoms with Crippen molar-refractivity contribution in [1.29, 1.82) is 0 Å². The third-order valence-corrected chi connectivity index (χ3v) is 4.29. The zero-order chi connectivity index (χ0) is 13.8. The fraction of sp³-hybridized carbons (Fsp3) is 0.200. The lowest BCUT2D eigenvalue weighted by Gasteiger charge is -2.14. The molecule has 4 nitrogen and oxygen atoms in total. The summed E-state index contributed by atoms with van der Waals surface area (Å²) in [5, 5.41) is 1.11. The van der Waals surface area contributed by atoms with Crippen molar-refractivity contribution in [2.45, 2.75) is 18.9 Å². The number of nitrogens with two attached hydrogens (primary N) is 1. The molecule has 3 rings (SSSR count). The number of para-hydroxylation sites is 1. The van der Waals surface area contributed by atoms with E-state index in [4.69, 9.17) is 5.84 Å². The number of pyridine rings is 1. The molecule has 2 heterocycles. The quantitative estimate of drug-likeness (QED) is 0.557. The van der Waals surface area contributed by atoms with Crippen molar-refractivity contribution in [3.05, 3.63) is 59.4 Å². The SMILES string of the molecule is NNC(Cc1ccncc1)Cc1nc2ccccc2s1. The highest BCUT2D eigenvalue weighted by atomic mass is 32.1. The van der Waals surface area contributed by atoms with Gasteiger partial charge in [-0.2, -0.15) is 0 Å². The van der Waals surface area contributed by atoms with E-state index in [1.807, 2.05) is 30.3 Å². The number of aromatic nitrogens is 2. The highest BCUT2D eigenvalue weighted by Gasteiger charge is 2.12. The van der Waals surface area contributed by atoms with Gasteiger partial charge in [0.1, 0.15) is 0 Å². The Morgan fingerprint density at radius 1 is 1.10 bits per heavy atom. The topological polar surface area (TPSA) is 63.8 Å². The molecular formula is C15H16N4S. The minimum absolute atomic E-state index is 0.179. The summed E-state index contributed by atoms with van der Waals surface area (Å²) < 4.78 is 1.22. The second kappa shape index (κ2) is 6.09. The van der Waals surface area contributed by atoms with Gasteiger partial charge in [-0.3, -0.25) is 16.3 Å². The molecule has 0 bridgehead atoms. The van der Waals surface area contributed by atoms with Gasteiger partial charge in [-0.05, 0) is 36.2 Å². The lowest BCUT2D eigenvalue weighted by Crippen LogP contribution is -2.38. The highest BCUT2D eigenvalue weighted by molar-refractivity contribution is 7.18. The molecule has 20 heavy (non-hydrogen) atoms. The summed E-state index contributed by atoms with van der Waals surface area (Å²) in [6.07, 6.45) is 5.31. The summed E-state index contributed by atoms with van der Waals surface area (Å²) in [5.41, 5.74) is 5.18. The first-order valence-electron chi connectivity index (χ1n) is 6.54. The lowest BCUT2D eigenvalue weighted by molar-refractivity contribution is 0.522. The second-order valence-corrected chi connectivity index (χ2v) is 5.82. The average molecular weight is 284 g/mol. The first-order chi connectivity index (χ1) is 9.85. The predicted molar refractivity (Wildman–Crippen MR) is 82.4 cm³/mol. The van der Waals surface area contributed by atoms with E-state index in [1.54, 1.807) is 23.7 Å². The second-order valence-electron chi connectivity index (χ2n) is 4.70. The monoisotopic (exact) mass is 284 g/mol. The number of nitrogens with zero attached hydrogens (tertiary/aromatic N) is 2. The van der Waals surface area contributed by atoms with Crippen molar-refractivity contribution in [2.24, 2.45) is 5.84 Å². The molecule has 1 unspecified atom stereocenters. The van der Waals surface area contributed by atoms with Gasteiger partial charge in [-0.25, -0.2) is 4.98 Å². The number of hydrazine groups is 1. The van der Waals surface area contributed by atoms with Crippen molar-refractivity contribution in [3.63, 3.8) is 0 Å². The van der Waals surface area contributed by atoms with Gasteiger partial charge < -0.3 is 0 Å². The first-order valence-corrected chi connectivity index (χ1v) is 7.36. The summed E-state index contributed by atoms with van der Waals surface area (Å²) in [6, 6.07) is 12.4. The molecule has 0 fully saturated rings. The molecule has 1 atom stereocenters. The number of hydrogen-bond donors (Lipinski definition) is 2. The van der Waals surface area contributed by atoms with Gasteiger partial charge in [0, 0.05) is 24.9 Å². The molecule has 2 aromatic heterocycles. The van der Waals surface area contributed by atoms with Gasteiger partial charge in [0.2, 0.25) is 0 Å². The van der Waals surface area contributed by atoms with E-state index in [0.717, 1.165) is 23.4 Å². The van der Waals surface area contributed by atoms with Crippen molar-refractivity contribution in [2.75, 3.05) is 0 Å². The van der Waals surface area contributed by atoms with Gasteiger partial charge in [0.15, 0.2) is 0 Å². The van der Waals surface area contributed by atoms with Gasteiger partial charge in [-0.1, -0.05) is 12.1 Å². The number of nitrogens with one attached hydrogen (secondary N) is 1. The standard InChI is InChI=1S/C15H16N4S/c16-19-12(9-11-5-7-17-8-6-11)10-15-18-13-3-1-2-4-14(13)20-15/h1-8,12,19H,9-10,16H2. The molecule has 0 saturated heterocycles. The van der Waals surface area contributed by atoms with Crippen molar-refractivity contribution < 1.29 is 0 Å². The highest BCUT2D eigenvalue weighted by Crippen LogP contribution is 2.22. The third kappa shape index (κ3) is 3.01. The van der Waals surface area contributed by atoms with Gasteiger partial charge in [-0.15, -0.1) is 11.3 Å². The van der Waals surface area contributed by atoms with Crippen LogP contribution in [0.4, 0.5) is 0 Å². The Kier molecular flexibility index (Phi) is 4.01. The molecule has 1 aromatic carbocycles. The van der Waals surface area contributed by atoms with Crippen LogP contribution in [0.1, 0.15) is 10.6 Å². The maximum Gasteiger partial charge on any atom is 0.0954 e. The van der Waals surface area contributed by atoms with E-state index in [1.165, 1.54) is 10.3 Å². The van der Waals surface area contributed by atoms with Crippen LogP contribution in [0, 0.1) is 0 Å². The Morgan fingerprint density at radius 2 is 1.90 bits per heavy atom. The maximum absolute atomic E-state index is 5.67. The van der Waals surface area contributed by atoms with Crippen molar-refractivity contribution in [3.8, 4) is 0 Å². The summed E-state index contributed by atoms with van der Waals surface area (Å²) in [7, 11) is 0. The molecule has 102 valence electrons. The van der Waals surface area contributed by atoms with Crippen LogP contribution < -0.4 is 11.3 Å². The summed E-state index contributed by atoms with van der Waals surface area (Å²) in [6.45, 7) is 0. The first kappa shape index (κ1) is 13.2. The van der Waals surface area contributed by atoms with Gasteiger partial charge in [0.05, 0.1) is 15.2 Å². The molecule has 0 aliphatic heterocycles. The predicted octanol–water partition coefficient (Wildman–Crippen LogP) is 2.31. The Balaban J connectivity index is 1.74. The molecule has 0 amide bonds. The molecule has 0 spiro atoms. The molecule has 3 N–H and O–H groups in total. The van der Waals surface area contributed by atoms with E-state index in [9.17, 15) is 0 Å². The zero-order valence-corrected chi connectivity index (χ0v) is 11.8. The number of thiazole rings is 1. The summed E-state index contributed by atoms with van der Waals surface area (Å²) >= 11 is 1.73. The largest absolute Gasteiger partial charge is 0.271 e. The van der Waals surface area contributed by atoms with E-state index < -0.39 is 0 Å². The minimum atomic E-state index is 0.179. The summed E-state index contributed by atoms with van der Waals surface area (Å²) in [5.74, 6) is 5.67. The molecule has 0 radical (unpaired) electrons. The maximum atomic E-state index is 5.67. The molecule has 0 aliphatic carbocycles. The van der Waals surface area contributed by atoms with Gasteiger partial charge >= 0.3 is 0 Å². The fourth-order valence-corrected chi connectivity index (χ4v) is 3.26. The van der Waals surface area contributed by atoms with Crippen LogP contribution in [0.5, 0.6) is 0 Å². The average Bonchev–Trinajstić information content (AvgIpc) is 2.90. The van der Waals surface area contributed by atoms with Crippen LogP contribution in [0.3, 0.4) is 0 Å². The molecule has 0 saturated carbocycles. The van der Waals surface area contributed by atoms with Crippen LogP contribution in [0.25, 0.3) is 10.2 Å². The molecule has 0 aliphatic rings. The molecule has 5 heteroatoms. The van der Waals surface area contributed by atoms with Crippen LogP contribution in [-0.2, 0) is 12.8 Å². The molecular weight excluding hydrogens is 268 g/mol. The van der Waals surface area contributed by atoms with E-state index >= 15 is 0 Å². The minimum Gasteiger partial charge on any atom is -0.271 e. The Labute approximate surface area is 121 Å². The van der Waals surface area contributed by atoms with Crippen LogP contribution in [-0.4, -0.2) is 16.0 Å². The Bertz CT molecular complexity index is 647. The Morgan fingerprint density at radius 3 is 2.65 bits per heavy atom. The van der Waals surface area contributed by atoms with Gasteiger partial charge in [0.25, 0.3) is 0 Å². The smallest absolute Gasteiger partial charge is 0.0954 e. The zero-order valence-electron chi connectivity index (χ0n) is 11.0. The van der Waals surface area contributed by atoms with Crippen molar-refractivity contribution >= 4 is 21.6 Å². The van der Waals surface area contributed by atoms with E-state index in [2.05, 4.69) is 21.5 Å². The Hall–Kier alpha value is -1.82. The van der Waals surface area contributed by atoms with Crippen molar-refractivity contribution in [1.82, 2.24) is 15.4 Å². The molecule has 3 aromatic rings. The van der Waals surface area contributed by atoms with Crippen LogP contribution in [0.2, 0.25) is 0 Å². The van der Waals surface area contributed by atoms with E-state index in [-0.39, 0.29) is 6.04 Å². The number of hydrogen-bond acceptors (Lipinski definition) is 5. The van der Waals surface area contributed by atoms with E-state index in [0.29, 0.717) is 0 Å². The number of rotatable bonds is 5. The van der Waals surface area contributed by atoms with Crippen LogP contribution >= 0.6 is 11.3 Å². The van der Waals surface area contributed by atoms with Crippen LogP contribution in [0.15, 0.2) is 48.8 Å². The number of benzene rings is 1. The fourth-order valence-electron chi connectivity index (χ4n) is 2.21. The summed E-state index contributed by atoms with van der Waals surface area (Å²) in [4.78, 5) is 8.68. The number of fused-ring (bicyclic) bond motifs is 1.